The van der Waals surface area contributed by atoms with Crippen molar-refractivity contribution in [2.45, 2.75) is 33.4 Å². The zero-order valence-corrected chi connectivity index (χ0v) is 6.68. The van der Waals surface area contributed by atoms with Gasteiger partial charge in [0.05, 0.1) is 0 Å². The molecular formula is C7H17NO. The van der Waals surface area contributed by atoms with Crippen LogP contribution >= 0.6 is 0 Å². The van der Waals surface area contributed by atoms with E-state index in [0.717, 1.165) is 0 Å². The minimum Gasteiger partial charge on any atom is -0.376 e. The lowest BCUT2D eigenvalue weighted by Crippen LogP contribution is -2.44. The number of aliphatic hydroxyl groups is 1. The highest BCUT2D eigenvalue weighted by atomic mass is 16.3. The SMILES string of the molecule is CC(C)C(C)C(C)(N)O. The maximum atomic E-state index is 9.23. The quantitative estimate of drug-likeness (QED) is 0.548. The predicted molar refractivity (Wildman–Crippen MR) is 38.8 cm³/mol. The summed E-state index contributed by atoms with van der Waals surface area (Å²) in [5, 5.41) is 9.23. The highest BCUT2D eigenvalue weighted by molar-refractivity contribution is 4.73. The molecule has 0 saturated heterocycles. The molecular weight excluding hydrogens is 114 g/mol. The summed E-state index contributed by atoms with van der Waals surface area (Å²) in [4.78, 5) is 0. The first kappa shape index (κ1) is 8.92. The summed E-state index contributed by atoms with van der Waals surface area (Å²) in [6, 6.07) is 0. The van der Waals surface area contributed by atoms with Crippen LogP contribution in [0.5, 0.6) is 0 Å². The van der Waals surface area contributed by atoms with E-state index in [2.05, 4.69) is 0 Å². The second-order valence-corrected chi connectivity index (χ2v) is 3.26. The Kier molecular flexibility index (Phi) is 2.65. The van der Waals surface area contributed by atoms with Crippen LogP contribution in [0.2, 0.25) is 0 Å². The van der Waals surface area contributed by atoms with Crippen LogP contribution in [0.1, 0.15) is 27.7 Å². The van der Waals surface area contributed by atoms with Crippen molar-refractivity contribution in [1.29, 1.82) is 0 Å². The molecule has 0 aliphatic rings. The molecule has 0 radical (unpaired) electrons. The third kappa shape index (κ3) is 2.82. The van der Waals surface area contributed by atoms with Crippen molar-refractivity contribution in [3.63, 3.8) is 0 Å². The summed E-state index contributed by atoms with van der Waals surface area (Å²) in [6.45, 7) is 7.68. The maximum Gasteiger partial charge on any atom is 0.113 e. The average molecular weight is 131 g/mol. The highest BCUT2D eigenvalue weighted by Crippen LogP contribution is 2.18. The smallest absolute Gasteiger partial charge is 0.113 e. The van der Waals surface area contributed by atoms with Gasteiger partial charge in [0, 0.05) is 5.92 Å². The molecule has 0 spiro atoms. The van der Waals surface area contributed by atoms with Crippen LogP contribution in [-0.4, -0.2) is 10.8 Å². The van der Waals surface area contributed by atoms with E-state index in [1.54, 1.807) is 6.92 Å². The Hall–Kier alpha value is -0.0800. The molecule has 2 atom stereocenters. The Labute approximate surface area is 57.1 Å². The van der Waals surface area contributed by atoms with Gasteiger partial charge in [-0.15, -0.1) is 0 Å². The van der Waals surface area contributed by atoms with E-state index >= 15 is 0 Å². The second-order valence-electron chi connectivity index (χ2n) is 3.26. The van der Waals surface area contributed by atoms with Gasteiger partial charge in [-0.1, -0.05) is 20.8 Å². The van der Waals surface area contributed by atoms with Crippen LogP contribution in [0.3, 0.4) is 0 Å². The van der Waals surface area contributed by atoms with Gasteiger partial charge in [-0.25, -0.2) is 0 Å². The minimum atomic E-state index is -1.02. The van der Waals surface area contributed by atoms with Crippen molar-refractivity contribution < 1.29 is 5.11 Å². The van der Waals surface area contributed by atoms with E-state index in [4.69, 9.17) is 5.73 Å². The first-order valence-electron chi connectivity index (χ1n) is 3.37. The molecule has 0 aromatic carbocycles. The molecule has 0 aliphatic heterocycles. The number of nitrogens with two attached hydrogens (primary N) is 1. The molecule has 3 N–H and O–H groups in total. The van der Waals surface area contributed by atoms with Crippen LogP contribution in [0.15, 0.2) is 0 Å². The molecule has 9 heavy (non-hydrogen) atoms. The Balaban J connectivity index is 3.88. The topological polar surface area (TPSA) is 46.2 Å². The van der Waals surface area contributed by atoms with Gasteiger partial charge in [0.1, 0.15) is 5.72 Å². The standard InChI is InChI=1S/C7H17NO/c1-5(2)6(3)7(4,8)9/h5-6,9H,8H2,1-4H3. The van der Waals surface area contributed by atoms with E-state index in [1.165, 1.54) is 0 Å². The van der Waals surface area contributed by atoms with Gasteiger partial charge in [0.15, 0.2) is 0 Å². The zero-order chi connectivity index (χ0) is 7.65. The van der Waals surface area contributed by atoms with Gasteiger partial charge in [0.2, 0.25) is 0 Å². The van der Waals surface area contributed by atoms with Gasteiger partial charge in [-0.05, 0) is 12.8 Å². The molecule has 0 saturated carbocycles. The van der Waals surface area contributed by atoms with Crippen molar-refractivity contribution in [3.05, 3.63) is 0 Å². The molecule has 0 amide bonds. The fourth-order valence-corrected chi connectivity index (χ4v) is 0.675. The van der Waals surface area contributed by atoms with E-state index in [0.29, 0.717) is 5.92 Å². The van der Waals surface area contributed by atoms with E-state index in [-0.39, 0.29) is 5.92 Å². The van der Waals surface area contributed by atoms with Crippen LogP contribution in [0.25, 0.3) is 0 Å². The summed E-state index contributed by atoms with van der Waals surface area (Å²) in [5.41, 5.74) is 4.42. The van der Waals surface area contributed by atoms with Crippen molar-refractivity contribution in [2.75, 3.05) is 0 Å². The largest absolute Gasteiger partial charge is 0.376 e. The molecule has 0 heterocycles. The lowest BCUT2D eigenvalue weighted by atomic mass is 9.89. The monoisotopic (exact) mass is 131 g/mol. The van der Waals surface area contributed by atoms with E-state index < -0.39 is 5.72 Å². The van der Waals surface area contributed by atoms with Crippen LogP contribution in [-0.2, 0) is 0 Å². The fraction of sp³-hybridized carbons (Fsp3) is 1.00. The summed E-state index contributed by atoms with van der Waals surface area (Å²) < 4.78 is 0. The Bertz CT molecular complexity index is 83.4. The van der Waals surface area contributed by atoms with Crippen LogP contribution in [0, 0.1) is 11.8 Å². The summed E-state index contributed by atoms with van der Waals surface area (Å²) in [6.07, 6.45) is 0. The first-order chi connectivity index (χ1) is 3.85. The van der Waals surface area contributed by atoms with Crippen LogP contribution in [0.4, 0.5) is 0 Å². The van der Waals surface area contributed by atoms with Crippen molar-refractivity contribution in [1.82, 2.24) is 0 Å². The van der Waals surface area contributed by atoms with Crippen molar-refractivity contribution in [3.8, 4) is 0 Å². The molecule has 0 fully saturated rings. The summed E-state index contributed by atoms with van der Waals surface area (Å²) >= 11 is 0. The van der Waals surface area contributed by atoms with E-state index in [9.17, 15) is 5.11 Å². The molecule has 0 aromatic rings. The minimum absolute atomic E-state index is 0.150. The zero-order valence-electron chi connectivity index (χ0n) is 6.68. The summed E-state index contributed by atoms with van der Waals surface area (Å²) in [5.74, 6) is 0.586. The van der Waals surface area contributed by atoms with Gasteiger partial charge in [-0.3, -0.25) is 0 Å². The predicted octanol–water partition coefficient (Wildman–Crippen LogP) is 0.946. The first-order valence-corrected chi connectivity index (χ1v) is 3.37. The molecule has 0 bridgehead atoms. The van der Waals surface area contributed by atoms with Gasteiger partial charge >= 0.3 is 0 Å². The Morgan fingerprint density at radius 3 is 1.67 bits per heavy atom. The summed E-state index contributed by atoms with van der Waals surface area (Å²) in [7, 11) is 0. The van der Waals surface area contributed by atoms with Gasteiger partial charge < -0.3 is 10.8 Å². The average Bonchev–Trinajstić information content (AvgIpc) is 1.62. The molecule has 2 heteroatoms. The van der Waals surface area contributed by atoms with Crippen molar-refractivity contribution in [2.24, 2.45) is 17.6 Å². The van der Waals surface area contributed by atoms with Crippen LogP contribution < -0.4 is 5.73 Å². The molecule has 56 valence electrons. The molecule has 2 nitrogen and oxygen atoms in total. The van der Waals surface area contributed by atoms with Gasteiger partial charge in [0.25, 0.3) is 0 Å². The Morgan fingerprint density at radius 1 is 1.33 bits per heavy atom. The second kappa shape index (κ2) is 2.67. The van der Waals surface area contributed by atoms with Crippen molar-refractivity contribution >= 4 is 0 Å². The maximum absolute atomic E-state index is 9.23. The fourth-order valence-electron chi connectivity index (χ4n) is 0.675. The molecule has 0 aliphatic carbocycles. The molecule has 2 unspecified atom stereocenters. The lowest BCUT2D eigenvalue weighted by Gasteiger charge is -2.28. The third-order valence-electron chi connectivity index (χ3n) is 1.92. The highest BCUT2D eigenvalue weighted by Gasteiger charge is 2.24. The normalized spacial score (nSPS) is 21.7. The number of hydrogen-bond acceptors (Lipinski definition) is 2. The Morgan fingerprint density at radius 2 is 1.67 bits per heavy atom. The third-order valence-corrected chi connectivity index (χ3v) is 1.92. The molecule has 0 aromatic heterocycles. The lowest BCUT2D eigenvalue weighted by molar-refractivity contribution is -0.00633. The van der Waals surface area contributed by atoms with Gasteiger partial charge in [-0.2, -0.15) is 0 Å². The van der Waals surface area contributed by atoms with E-state index in [1.807, 2.05) is 20.8 Å². The molecule has 0 rings (SSSR count). The number of hydrogen-bond donors (Lipinski definition) is 2. The number of rotatable bonds is 2.